The molecule has 2 amide bonds. The number of hydrogen-bond donors (Lipinski definition) is 1. The first-order chi connectivity index (χ1) is 14.2. The van der Waals surface area contributed by atoms with Crippen molar-refractivity contribution in [3.05, 3.63) is 42.5 Å². The van der Waals surface area contributed by atoms with Gasteiger partial charge in [-0.2, -0.15) is 0 Å². The summed E-state index contributed by atoms with van der Waals surface area (Å²) in [5.74, 6) is 0.571. The smallest absolute Gasteiger partial charge is 0.223 e. The predicted molar refractivity (Wildman–Crippen MR) is 111 cm³/mol. The fourth-order valence-corrected chi connectivity index (χ4v) is 4.28. The van der Waals surface area contributed by atoms with Crippen LogP contribution in [0.4, 0.5) is 5.13 Å². The number of furan rings is 1. The molecule has 0 unspecified atom stereocenters. The van der Waals surface area contributed by atoms with E-state index < -0.39 is 0 Å². The highest BCUT2D eigenvalue weighted by atomic mass is 32.1. The second kappa shape index (κ2) is 9.04. The van der Waals surface area contributed by atoms with Crippen molar-refractivity contribution in [3.63, 3.8) is 0 Å². The Morgan fingerprint density at radius 3 is 2.90 bits per heavy atom. The highest BCUT2D eigenvalue weighted by Crippen LogP contribution is 2.27. The Morgan fingerprint density at radius 1 is 1.14 bits per heavy atom. The van der Waals surface area contributed by atoms with E-state index in [0.29, 0.717) is 25.4 Å². The Hall–Kier alpha value is -2.94. The van der Waals surface area contributed by atoms with Gasteiger partial charge in [-0.15, -0.1) is 0 Å². The number of nitrogens with one attached hydrogen (secondary N) is 1. The van der Waals surface area contributed by atoms with E-state index in [1.807, 2.05) is 17.0 Å². The minimum Gasteiger partial charge on any atom is -0.467 e. The number of pyridine rings is 1. The lowest BCUT2D eigenvalue weighted by molar-refractivity contribution is -0.133. The molecule has 0 radical (unpaired) electrons. The van der Waals surface area contributed by atoms with E-state index >= 15 is 0 Å². The van der Waals surface area contributed by atoms with Gasteiger partial charge in [0.1, 0.15) is 16.1 Å². The lowest BCUT2D eigenvalue weighted by Gasteiger charge is -2.21. The molecule has 3 aromatic heterocycles. The van der Waals surface area contributed by atoms with E-state index in [0.717, 1.165) is 35.0 Å². The molecular weight excluding hydrogens is 390 g/mol. The predicted octanol–water partition coefficient (Wildman–Crippen LogP) is 2.42. The van der Waals surface area contributed by atoms with Crippen molar-refractivity contribution in [3.8, 4) is 0 Å². The first-order valence-electron chi connectivity index (χ1n) is 9.72. The lowest BCUT2D eigenvalue weighted by Crippen LogP contribution is -2.36. The molecule has 1 fully saturated rings. The summed E-state index contributed by atoms with van der Waals surface area (Å²) in [5, 5.41) is 3.72. The van der Waals surface area contributed by atoms with Crippen molar-refractivity contribution < 1.29 is 14.0 Å². The van der Waals surface area contributed by atoms with Crippen LogP contribution in [0.2, 0.25) is 0 Å². The molecule has 152 valence electrons. The third kappa shape index (κ3) is 4.92. The number of hydrogen-bond acceptors (Lipinski definition) is 7. The van der Waals surface area contributed by atoms with Crippen molar-refractivity contribution in [1.82, 2.24) is 20.2 Å². The number of aromatic nitrogens is 2. The first-order valence-corrected chi connectivity index (χ1v) is 10.5. The molecule has 1 N–H and O–H groups in total. The van der Waals surface area contributed by atoms with Gasteiger partial charge in [0, 0.05) is 45.2 Å². The second-order valence-electron chi connectivity index (χ2n) is 6.90. The van der Waals surface area contributed by atoms with E-state index in [4.69, 9.17) is 4.42 Å². The summed E-state index contributed by atoms with van der Waals surface area (Å²) in [6.07, 6.45) is 4.62. The number of rotatable bonds is 6. The minimum atomic E-state index is -0.145. The topological polar surface area (TPSA) is 91.6 Å². The first kappa shape index (κ1) is 19.4. The van der Waals surface area contributed by atoms with Gasteiger partial charge in [0.15, 0.2) is 5.13 Å². The van der Waals surface area contributed by atoms with Crippen LogP contribution in [0, 0.1) is 0 Å². The van der Waals surface area contributed by atoms with Gasteiger partial charge < -0.3 is 19.5 Å². The molecule has 0 aromatic carbocycles. The fraction of sp³-hybridized carbons (Fsp3) is 0.400. The largest absolute Gasteiger partial charge is 0.467 e. The van der Waals surface area contributed by atoms with Gasteiger partial charge in [0.25, 0.3) is 0 Å². The summed E-state index contributed by atoms with van der Waals surface area (Å²) in [6.45, 7) is 3.27. The maximum atomic E-state index is 12.6. The van der Waals surface area contributed by atoms with E-state index in [9.17, 15) is 9.59 Å². The molecule has 3 aromatic rings. The van der Waals surface area contributed by atoms with Gasteiger partial charge in [0.05, 0.1) is 12.8 Å². The summed E-state index contributed by atoms with van der Waals surface area (Å²) >= 11 is 1.58. The Labute approximate surface area is 172 Å². The average Bonchev–Trinajstić information content (AvgIpc) is 3.34. The van der Waals surface area contributed by atoms with Crippen LogP contribution in [0.1, 0.15) is 25.0 Å². The van der Waals surface area contributed by atoms with Crippen LogP contribution in [0.25, 0.3) is 10.3 Å². The molecule has 1 aliphatic rings. The Balaban J connectivity index is 1.25. The number of thiazole rings is 1. The molecule has 8 nitrogen and oxygen atoms in total. The number of fused-ring (bicyclic) bond motifs is 1. The van der Waals surface area contributed by atoms with Crippen LogP contribution >= 0.6 is 11.3 Å². The van der Waals surface area contributed by atoms with E-state index in [-0.39, 0.29) is 24.7 Å². The van der Waals surface area contributed by atoms with E-state index in [2.05, 4.69) is 20.2 Å². The average molecular weight is 414 g/mol. The van der Waals surface area contributed by atoms with Crippen molar-refractivity contribution in [1.29, 1.82) is 0 Å². The maximum Gasteiger partial charge on any atom is 0.223 e. The normalized spacial score (nSPS) is 14.8. The summed E-state index contributed by atoms with van der Waals surface area (Å²) < 4.78 is 5.18. The zero-order chi connectivity index (χ0) is 20.1. The molecule has 4 rings (SSSR count). The van der Waals surface area contributed by atoms with Crippen LogP contribution < -0.4 is 10.2 Å². The Bertz CT molecular complexity index is 939. The molecule has 0 spiro atoms. The number of anilines is 1. The van der Waals surface area contributed by atoms with Gasteiger partial charge >= 0.3 is 0 Å². The maximum absolute atomic E-state index is 12.6. The van der Waals surface area contributed by atoms with Crippen molar-refractivity contribution in [2.75, 3.05) is 31.1 Å². The molecule has 0 saturated carbocycles. The molecule has 1 saturated heterocycles. The van der Waals surface area contributed by atoms with Crippen LogP contribution in [-0.2, 0) is 16.1 Å². The molecule has 4 heterocycles. The third-order valence-corrected chi connectivity index (χ3v) is 5.92. The van der Waals surface area contributed by atoms with Crippen molar-refractivity contribution >= 4 is 38.6 Å². The van der Waals surface area contributed by atoms with Crippen molar-refractivity contribution in [2.24, 2.45) is 0 Å². The number of nitrogens with zero attached hydrogens (tertiary/aromatic N) is 4. The molecule has 0 bridgehead atoms. The number of amides is 2. The Kier molecular flexibility index (Phi) is 6.04. The van der Waals surface area contributed by atoms with Crippen LogP contribution in [0.5, 0.6) is 0 Å². The summed E-state index contributed by atoms with van der Waals surface area (Å²) in [4.78, 5) is 38.6. The van der Waals surface area contributed by atoms with Crippen LogP contribution in [-0.4, -0.2) is 52.9 Å². The molecule has 1 aliphatic heterocycles. The lowest BCUT2D eigenvalue weighted by atomic mass is 10.2. The molecule has 0 aliphatic carbocycles. The molecule has 29 heavy (non-hydrogen) atoms. The van der Waals surface area contributed by atoms with Gasteiger partial charge in [-0.3, -0.25) is 9.59 Å². The van der Waals surface area contributed by atoms with E-state index in [1.165, 1.54) is 0 Å². The van der Waals surface area contributed by atoms with Crippen LogP contribution in [0.15, 0.2) is 41.1 Å². The monoisotopic (exact) mass is 413 g/mol. The Morgan fingerprint density at radius 2 is 2.07 bits per heavy atom. The molecule has 0 atom stereocenters. The fourth-order valence-electron chi connectivity index (χ4n) is 3.32. The summed E-state index contributed by atoms with van der Waals surface area (Å²) in [6, 6.07) is 7.43. The second-order valence-corrected chi connectivity index (χ2v) is 7.86. The van der Waals surface area contributed by atoms with Gasteiger partial charge in [-0.1, -0.05) is 11.3 Å². The zero-order valence-electron chi connectivity index (χ0n) is 16.0. The standard InChI is InChI=1S/C20H23N5O3S/c26-17(22-14-15-4-2-13-28-15)6-7-18(27)24-9-3-10-25(12-11-24)20-23-16-5-1-8-21-19(16)29-20/h1-2,4-5,8,13H,3,6-7,9-12,14H2,(H,22,26). The molecular formula is C20H23N5O3S. The van der Waals surface area contributed by atoms with Crippen LogP contribution in [0.3, 0.4) is 0 Å². The SMILES string of the molecule is O=C(CCC(=O)N1CCCN(c2nc3cccnc3s2)CC1)NCc1ccco1. The number of carbonyl (C=O) groups excluding carboxylic acids is 2. The third-order valence-electron chi connectivity index (χ3n) is 4.88. The summed E-state index contributed by atoms with van der Waals surface area (Å²) in [5.41, 5.74) is 0.908. The number of carbonyl (C=O) groups is 2. The quantitative estimate of drug-likeness (QED) is 0.667. The minimum absolute atomic E-state index is 0.0194. The highest BCUT2D eigenvalue weighted by molar-refractivity contribution is 7.21. The van der Waals surface area contributed by atoms with Gasteiger partial charge in [-0.05, 0) is 30.7 Å². The zero-order valence-corrected chi connectivity index (χ0v) is 16.9. The molecule has 9 heteroatoms. The van der Waals surface area contributed by atoms with Crippen molar-refractivity contribution in [2.45, 2.75) is 25.8 Å². The van der Waals surface area contributed by atoms with Gasteiger partial charge in [-0.25, -0.2) is 9.97 Å². The van der Waals surface area contributed by atoms with Gasteiger partial charge in [0.2, 0.25) is 11.8 Å². The summed E-state index contributed by atoms with van der Waals surface area (Å²) in [7, 11) is 0. The highest BCUT2D eigenvalue weighted by Gasteiger charge is 2.21. The van der Waals surface area contributed by atoms with E-state index in [1.54, 1.807) is 35.9 Å².